The van der Waals surface area contributed by atoms with Crippen molar-refractivity contribution < 1.29 is 19.1 Å². The highest BCUT2D eigenvalue weighted by molar-refractivity contribution is 5.83. The van der Waals surface area contributed by atoms with Crippen molar-refractivity contribution in [2.45, 2.75) is 40.7 Å². The molecular weight excluding hydrogens is 220 g/mol. The first-order chi connectivity index (χ1) is 7.74. The fraction of sp³-hybridized carbons (Fsp3) is 0.692. The van der Waals surface area contributed by atoms with E-state index in [-0.39, 0.29) is 11.9 Å². The topological polar surface area (TPSA) is 52.6 Å². The normalized spacial score (nSPS) is 23.8. The Bertz CT molecular complexity index is 350. The van der Waals surface area contributed by atoms with Gasteiger partial charge in [-0.25, -0.2) is 4.79 Å². The smallest absolute Gasteiger partial charge is 0.348 e. The van der Waals surface area contributed by atoms with Gasteiger partial charge in [-0.2, -0.15) is 0 Å². The van der Waals surface area contributed by atoms with Crippen molar-refractivity contribution in [3.05, 3.63) is 11.6 Å². The zero-order valence-electron chi connectivity index (χ0n) is 11.1. The Kier molecular flexibility index (Phi) is 3.96. The van der Waals surface area contributed by atoms with Crippen LogP contribution in [0.3, 0.4) is 0 Å². The Balaban J connectivity index is 2.68. The summed E-state index contributed by atoms with van der Waals surface area (Å²) in [5.41, 5.74) is 0.597. The molecule has 4 nitrogen and oxygen atoms in total. The van der Waals surface area contributed by atoms with Crippen LogP contribution in [-0.4, -0.2) is 24.6 Å². The summed E-state index contributed by atoms with van der Waals surface area (Å²) < 4.78 is 10.2. The molecule has 0 aromatic rings. The molecule has 96 valence electrons. The number of rotatable bonds is 3. The van der Waals surface area contributed by atoms with Gasteiger partial charge in [-0.05, 0) is 20.8 Å². The molecule has 0 saturated carbocycles. The van der Waals surface area contributed by atoms with E-state index in [1.165, 1.54) is 0 Å². The Morgan fingerprint density at radius 3 is 2.53 bits per heavy atom. The summed E-state index contributed by atoms with van der Waals surface area (Å²) >= 11 is 0. The van der Waals surface area contributed by atoms with E-state index in [0.717, 1.165) is 5.57 Å². The maximum Gasteiger partial charge on any atom is 0.348 e. The predicted octanol–water partition coefficient (Wildman–Crippen LogP) is 2.08. The van der Waals surface area contributed by atoms with Crippen LogP contribution < -0.4 is 0 Å². The van der Waals surface area contributed by atoms with Gasteiger partial charge in [-0.15, -0.1) is 0 Å². The number of carbonyl (C=O) groups is 2. The summed E-state index contributed by atoms with van der Waals surface area (Å²) in [6.45, 7) is 9.57. The van der Waals surface area contributed by atoms with Crippen molar-refractivity contribution in [1.82, 2.24) is 0 Å². The molecule has 1 aliphatic heterocycles. The van der Waals surface area contributed by atoms with Crippen molar-refractivity contribution in [2.24, 2.45) is 11.3 Å². The number of hydrogen-bond acceptors (Lipinski definition) is 4. The van der Waals surface area contributed by atoms with Gasteiger partial charge in [0.15, 0.2) is 0 Å². The van der Waals surface area contributed by atoms with Crippen LogP contribution in [0, 0.1) is 11.3 Å². The molecule has 0 aromatic heterocycles. The SMILES string of the molecule is CC(C)=CC(C)C(=O)O[C@H]1C(=O)OCC1(C)C. The maximum atomic E-state index is 11.8. The monoisotopic (exact) mass is 240 g/mol. The molecule has 0 aliphatic carbocycles. The second kappa shape index (κ2) is 4.90. The lowest BCUT2D eigenvalue weighted by Crippen LogP contribution is -2.36. The largest absolute Gasteiger partial charge is 0.462 e. The quantitative estimate of drug-likeness (QED) is 0.560. The second-order valence-electron chi connectivity index (χ2n) is 5.45. The first-order valence-corrected chi connectivity index (χ1v) is 5.76. The van der Waals surface area contributed by atoms with Crippen LogP contribution in [0.25, 0.3) is 0 Å². The molecule has 2 atom stereocenters. The van der Waals surface area contributed by atoms with Crippen molar-refractivity contribution in [2.75, 3.05) is 6.61 Å². The molecule has 0 spiro atoms. The minimum atomic E-state index is -0.789. The van der Waals surface area contributed by atoms with Crippen LogP contribution in [0.5, 0.6) is 0 Å². The van der Waals surface area contributed by atoms with Gasteiger partial charge in [0.25, 0.3) is 0 Å². The van der Waals surface area contributed by atoms with E-state index >= 15 is 0 Å². The third-order valence-electron chi connectivity index (χ3n) is 2.70. The zero-order chi connectivity index (χ0) is 13.2. The van der Waals surface area contributed by atoms with E-state index in [1.807, 2.05) is 33.8 Å². The Hall–Kier alpha value is -1.32. The zero-order valence-corrected chi connectivity index (χ0v) is 11.1. The third kappa shape index (κ3) is 3.32. The lowest BCUT2D eigenvalue weighted by molar-refractivity contribution is -0.164. The molecule has 1 heterocycles. The molecule has 1 unspecified atom stereocenters. The van der Waals surface area contributed by atoms with E-state index in [2.05, 4.69) is 0 Å². The van der Waals surface area contributed by atoms with Gasteiger partial charge in [0, 0.05) is 5.41 Å². The van der Waals surface area contributed by atoms with Crippen molar-refractivity contribution in [3.63, 3.8) is 0 Å². The van der Waals surface area contributed by atoms with E-state index in [4.69, 9.17) is 9.47 Å². The Morgan fingerprint density at radius 1 is 1.53 bits per heavy atom. The van der Waals surface area contributed by atoms with E-state index in [0.29, 0.717) is 6.61 Å². The van der Waals surface area contributed by atoms with E-state index < -0.39 is 17.5 Å². The van der Waals surface area contributed by atoms with E-state index in [9.17, 15) is 9.59 Å². The predicted molar refractivity (Wildman–Crippen MR) is 63.2 cm³/mol. The molecular formula is C13H20O4. The first kappa shape index (κ1) is 13.7. The summed E-state index contributed by atoms with van der Waals surface area (Å²) in [4.78, 5) is 23.2. The van der Waals surface area contributed by atoms with Crippen LogP contribution >= 0.6 is 0 Å². The summed E-state index contributed by atoms with van der Waals surface area (Å²) in [5.74, 6) is -1.18. The average Bonchev–Trinajstić information content (AvgIpc) is 2.43. The minimum absolute atomic E-state index is 0.292. The molecule has 0 bridgehead atoms. The van der Waals surface area contributed by atoms with Crippen LogP contribution in [0.4, 0.5) is 0 Å². The summed E-state index contributed by atoms with van der Waals surface area (Å²) in [5, 5.41) is 0. The van der Waals surface area contributed by atoms with Crippen LogP contribution in [0.2, 0.25) is 0 Å². The van der Waals surface area contributed by atoms with Crippen LogP contribution in [0.1, 0.15) is 34.6 Å². The van der Waals surface area contributed by atoms with Crippen molar-refractivity contribution in [3.8, 4) is 0 Å². The molecule has 1 saturated heterocycles. The molecule has 4 heteroatoms. The molecule has 0 N–H and O–H groups in total. The number of cyclic esters (lactones) is 1. The standard InChI is InChI=1S/C13H20O4/c1-8(2)6-9(3)11(14)17-10-12(15)16-7-13(10,4)5/h6,9-10H,7H2,1-5H3/t9?,10-/m0/s1. The van der Waals surface area contributed by atoms with Gasteiger partial charge in [0.2, 0.25) is 6.10 Å². The van der Waals surface area contributed by atoms with Crippen LogP contribution in [0.15, 0.2) is 11.6 Å². The van der Waals surface area contributed by atoms with E-state index in [1.54, 1.807) is 6.92 Å². The summed E-state index contributed by atoms with van der Waals surface area (Å²) in [6, 6.07) is 0. The number of carbonyl (C=O) groups excluding carboxylic acids is 2. The fourth-order valence-electron chi connectivity index (χ4n) is 1.73. The minimum Gasteiger partial charge on any atom is -0.462 e. The second-order valence-corrected chi connectivity index (χ2v) is 5.45. The van der Waals surface area contributed by atoms with Crippen molar-refractivity contribution >= 4 is 11.9 Å². The molecule has 0 radical (unpaired) electrons. The average molecular weight is 240 g/mol. The number of esters is 2. The highest BCUT2D eigenvalue weighted by Gasteiger charge is 2.46. The van der Waals surface area contributed by atoms with Gasteiger partial charge in [0.1, 0.15) is 6.61 Å². The third-order valence-corrected chi connectivity index (χ3v) is 2.70. The Labute approximate surface area is 102 Å². The lowest BCUT2D eigenvalue weighted by atomic mass is 9.89. The number of hydrogen-bond donors (Lipinski definition) is 0. The fourth-order valence-corrected chi connectivity index (χ4v) is 1.73. The van der Waals surface area contributed by atoms with Gasteiger partial charge >= 0.3 is 11.9 Å². The number of ether oxygens (including phenoxy) is 2. The Morgan fingerprint density at radius 2 is 2.12 bits per heavy atom. The summed E-state index contributed by atoms with van der Waals surface area (Å²) in [6.07, 6.45) is 1.03. The molecule has 0 amide bonds. The summed E-state index contributed by atoms with van der Waals surface area (Å²) in [7, 11) is 0. The van der Waals surface area contributed by atoms with Gasteiger partial charge < -0.3 is 9.47 Å². The van der Waals surface area contributed by atoms with Crippen molar-refractivity contribution in [1.29, 1.82) is 0 Å². The highest BCUT2D eigenvalue weighted by atomic mass is 16.6. The molecule has 1 rings (SSSR count). The van der Waals surface area contributed by atoms with Gasteiger partial charge in [0.05, 0.1) is 5.92 Å². The molecule has 1 fully saturated rings. The maximum absolute atomic E-state index is 11.8. The molecule has 17 heavy (non-hydrogen) atoms. The first-order valence-electron chi connectivity index (χ1n) is 5.76. The lowest BCUT2D eigenvalue weighted by Gasteiger charge is -2.22. The van der Waals surface area contributed by atoms with Gasteiger partial charge in [-0.3, -0.25) is 4.79 Å². The molecule has 0 aromatic carbocycles. The highest BCUT2D eigenvalue weighted by Crippen LogP contribution is 2.31. The molecule has 1 aliphatic rings. The number of allylic oxidation sites excluding steroid dienone is 1. The van der Waals surface area contributed by atoms with Crippen LogP contribution in [-0.2, 0) is 19.1 Å². The van der Waals surface area contributed by atoms with Gasteiger partial charge in [-0.1, -0.05) is 25.5 Å².